The molecule has 0 radical (unpaired) electrons. The summed E-state index contributed by atoms with van der Waals surface area (Å²) >= 11 is 1.46. The highest BCUT2D eigenvalue weighted by Crippen LogP contribution is 2.32. The third-order valence-corrected chi connectivity index (χ3v) is 3.89. The summed E-state index contributed by atoms with van der Waals surface area (Å²) < 4.78 is 4.76. The molecule has 0 fully saturated rings. The van der Waals surface area contributed by atoms with E-state index in [0.29, 0.717) is 5.69 Å². The number of carbonyl (C=O) groups is 1. The van der Waals surface area contributed by atoms with Crippen molar-refractivity contribution in [1.82, 2.24) is 4.98 Å². The van der Waals surface area contributed by atoms with Crippen LogP contribution in [0.1, 0.15) is 27.2 Å². The van der Waals surface area contributed by atoms with E-state index in [0.717, 1.165) is 16.0 Å². The Morgan fingerprint density at radius 2 is 1.83 bits per heavy atom. The number of hydrogen-bond donors (Lipinski definition) is 0. The van der Waals surface area contributed by atoms with Gasteiger partial charge in [-0.05, 0) is 43.0 Å². The van der Waals surface area contributed by atoms with E-state index in [-0.39, 0.29) is 5.97 Å². The predicted molar refractivity (Wildman–Crippen MR) is 73.1 cm³/mol. The van der Waals surface area contributed by atoms with E-state index >= 15 is 0 Å². The molecular formula is C14H15NO2S. The first kappa shape index (κ1) is 12.8. The van der Waals surface area contributed by atoms with Gasteiger partial charge in [0.05, 0.1) is 17.5 Å². The highest BCUT2D eigenvalue weighted by molar-refractivity contribution is 7.13. The smallest absolute Gasteiger partial charge is 0.358 e. The van der Waals surface area contributed by atoms with Gasteiger partial charge in [0.1, 0.15) is 0 Å². The number of hydrogen-bond acceptors (Lipinski definition) is 4. The number of ether oxygens (including phenoxy) is 1. The molecule has 94 valence electrons. The predicted octanol–water partition coefficient (Wildman–Crippen LogP) is 3.52. The highest BCUT2D eigenvalue weighted by Gasteiger charge is 2.18. The Bertz CT molecular complexity index is 602. The van der Waals surface area contributed by atoms with Crippen molar-refractivity contribution in [3.8, 4) is 10.4 Å². The van der Waals surface area contributed by atoms with Crippen molar-refractivity contribution in [1.29, 1.82) is 0 Å². The summed E-state index contributed by atoms with van der Waals surface area (Å²) in [7, 11) is 1.37. The van der Waals surface area contributed by atoms with Crippen molar-refractivity contribution in [2.45, 2.75) is 20.8 Å². The van der Waals surface area contributed by atoms with Crippen LogP contribution in [-0.4, -0.2) is 18.1 Å². The van der Waals surface area contributed by atoms with Gasteiger partial charge in [0, 0.05) is 0 Å². The van der Waals surface area contributed by atoms with E-state index < -0.39 is 0 Å². The van der Waals surface area contributed by atoms with E-state index in [1.165, 1.54) is 29.6 Å². The number of benzene rings is 1. The van der Waals surface area contributed by atoms with Gasteiger partial charge in [-0.1, -0.05) is 12.1 Å². The van der Waals surface area contributed by atoms with E-state index in [4.69, 9.17) is 4.74 Å². The maximum Gasteiger partial charge on any atom is 0.358 e. The van der Waals surface area contributed by atoms with Gasteiger partial charge < -0.3 is 4.74 Å². The Kier molecular flexibility index (Phi) is 3.48. The zero-order chi connectivity index (χ0) is 13.3. The summed E-state index contributed by atoms with van der Waals surface area (Å²) in [5, 5.41) is 0. The topological polar surface area (TPSA) is 39.2 Å². The normalized spacial score (nSPS) is 10.4. The quantitative estimate of drug-likeness (QED) is 0.776. The summed E-state index contributed by atoms with van der Waals surface area (Å²) in [6, 6.07) is 4.23. The number of aromatic nitrogens is 1. The maximum absolute atomic E-state index is 11.7. The van der Waals surface area contributed by atoms with Crippen LogP contribution >= 0.6 is 11.3 Å². The van der Waals surface area contributed by atoms with Crippen molar-refractivity contribution in [3.63, 3.8) is 0 Å². The summed E-state index contributed by atoms with van der Waals surface area (Å²) in [5.41, 5.74) is 6.73. The minimum Gasteiger partial charge on any atom is -0.464 e. The van der Waals surface area contributed by atoms with Gasteiger partial charge in [-0.25, -0.2) is 9.78 Å². The van der Waals surface area contributed by atoms with E-state index in [1.807, 2.05) is 6.92 Å². The largest absolute Gasteiger partial charge is 0.464 e. The molecule has 18 heavy (non-hydrogen) atoms. The fraction of sp³-hybridized carbons (Fsp3) is 0.286. The third kappa shape index (κ3) is 2.16. The van der Waals surface area contributed by atoms with Crippen molar-refractivity contribution in [2.75, 3.05) is 7.11 Å². The van der Waals surface area contributed by atoms with Crippen LogP contribution in [-0.2, 0) is 4.74 Å². The molecule has 0 atom stereocenters. The summed E-state index contributed by atoms with van der Waals surface area (Å²) in [4.78, 5) is 16.6. The minimum absolute atomic E-state index is 0.385. The van der Waals surface area contributed by atoms with Gasteiger partial charge in [-0.15, -0.1) is 11.3 Å². The van der Waals surface area contributed by atoms with Crippen molar-refractivity contribution < 1.29 is 9.53 Å². The van der Waals surface area contributed by atoms with Crippen LogP contribution in [0.25, 0.3) is 10.4 Å². The van der Waals surface area contributed by atoms with Crippen LogP contribution in [0.4, 0.5) is 0 Å². The molecule has 0 aliphatic heterocycles. The first-order valence-corrected chi connectivity index (χ1v) is 6.52. The van der Waals surface area contributed by atoms with Crippen molar-refractivity contribution in [3.05, 3.63) is 40.0 Å². The standard InChI is InChI=1S/C14H15NO2S/c1-8-5-10(3)11(6-9(8)2)13-12(14(16)17-4)15-7-18-13/h5-7H,1-4H3. The minimum atomic E-state index is -0.385. The van der Waals surface area contributed by atoms with Crippen LogP contribution in [0.5, 0.6) is 0 Å². The van der Waals surface area contributed by atoms with Crippen molar-refractivity contribution in [2.24, 2.45) is 0 Å². The van der Waals surface area contributed by atoms with Crippen molar-refractivity contribution >= 4 is 17.3 Å². The Balaban J connectivity index is 2.59. The van der Waals surface area contributed by atoms with E-state index in [1.54, 1.807) is 5.51 Å². The molecule has 0 amide bonds. The molecule has 0 bridgehead atoms. The number of rotatable bonds is 2. The number of esters is 1. The average Bonchev–Trinajstić information content (AvgIpc) is 2.81. The zero-order valence-electron chi connectivity index (χ0n) is 10.9. The Labute approximate surface area is 110 Å². The third-order valence-electron chi connectivity index (χ3n) is 3.03. The highest BCUT2D eigenvalue weighted by atomic mass is 32.1. The fourth-order valence-electron chi connectivity index (χ4n) is 1.88. The maximum atomic E-state index is 11.7. The second-order valence-corrected chi connectivity index (χ2v) is 5.13. The number of aryl methyl sites for hydroxylation is 3. The van der Waals surface area contributed by atoms with Crippen LogP contribution in [0.15, 0.2) is 17.6 Å². The fourth-order valence-corrected chi connectivity index (χ4v) is 2.74. The van der Waals surface area contributed by atoms with Gasteiger partial charge in [0.2, 0.25) is 0 Å². The van der Waals surface area contributed by atoms with E-state index in [2.05, 4.69) is 31.0 Å². The first-order chi connectivity index (χ1) is 8.54. The van der Waals surface area contributed by atoms with Gasteiger partial charge >= 0.3 is 5.97 Å². The molecule has 3 nitrogen and oxygen atoms in total. The molecule has 1 aromatic carbocycles. The molecule has 0 aliphatic rings. The molecule has 1 aromatic heterocycles. The zero-order valence-corrected chi connectivity index (χ0v) is 11.7. The van der Waals surface area contributed by atoms with E-state index in [9.17, 15) is 4.79 Å². The lowest BCUT2D eigenvalue weighted by Crippen LogP contribution is -2.03. The SMILES string of the molecule is COC(=O)c1ncsc1-c1cc(C)c(C)cc1C. The molecule has 0 unspecified atom stereocenters. The molecule has 1 heterocycles. The molecular weight excluding hydrogens is 246 g/mol. The van der Waals surface area contributed by atoms with Crippen LogP contribution in [0.3, 0.4) is 0 Å². The second-order valence-electron chi connectivity index (χ2n) is 4.27. The molecule has 0 saturated carbocycles. The van der Waals surface area contributed by atoms with Gasteiger partial charge in [0.15, 0.2) is 5.69 Å². The number of methoxy groups -OCH3 is 1. The van der Waals surface area contributed by atoms with Gasteiger partial charge in [-0.3, -0.25) is 0 Å². The molecule has 2 rings (SSSR count). The second kappa shape index (κ2) is 4.90. The van der Waals surface area contributed by atoms with Crippen LogP contribution in [0, 0.1) is 20.8 Å². The van der Waals surface area contributed by atoms with Crippen LogP contribution in [0.2, 0.25) is 0 Å². The monoisotopic (exact) mass is 261 g/mol. The summed E-state index contributed by atoms with van der Waals surface area (Å²) in [6.07, 6.45) is 0. The Morgan fingerprint density at radius 1 is 1.17 bits per heavy atom. The first-order valence-electron chi connectivity index (χ1n) is 5.64. The summed E-state index contributed by atoms with van der Waals surface area (Å²) in [5.74, 6) is -0.385. The Morgan fingerprint density at radius 3 is 2.50 bits per heavy atom. The lowest BCUT2D eigenvalue weighted by atomic mass is 9.99. The summed E-state index contributed by atoms with van der Waals surface area (Å²) in [6.45, 7) is 6.19. The number of thiazole rings is 1. The molecule has 2 aromatic rings. The molecule has 4 heteroatoms. The van der Waals surface area contributed by atoms with Gasteiger partial charge in [0.25, 0.3) is 0 Å². The molecule has 0 N–H and O–H groups in total. The lowest BCUT2D eigenvalue weighted by molar-refractivity contribution is 0.0596. The molecule has 0 spiro atoms. The Hall–Kier alpha value is -1.68. The lowest BCUT2D eigenvalue weighted by Gasteiger charge is -2.09. The molecule has 0 aliphatic carbocycles. The number of nitrogens with zero attached hydrogens (tertiary/aromatic N) is 1. The van der Waals surface area contributed by atoms with Crippen LogP contribution < -0.4 is 0 Å². The molecule has 0 saturated heterocycles. The average molecular weight is 261 g/mol. The number of carbonyl (C=O) groups excluding carboxylic acids is 1. The van der Waals surface area contributed by atoms with Gasteiger partial charge in [-0.2, -0.15) is 0 Å².